The highest BCUT2D eigenvalue weighted by Gasteiger charge is 2.12. The Morgan fingerprint density at radius 3 is 2.73 bits per heavy atom. The molecule has 84 valence electrons. The minimum Gasteiger partial charge on any atom is -0.368 e. The highest BCUT2D eigenvalue weighted by atomic mass is 32.2. The lowest BCUT2D eigenvalue weighted by Gasteiger charge is -2.10. The van der Waals surface area contributed by atoms with E-state index in [1.165, 1.54) is 5.57 Å². The van der Waals surface area contributed by atoms with Crippen molar-refractivity contribution in [3.05, 3.63) is 12.2 Å². The van der Waals surface area contributed by atoms with Gasteiger partial charge in [-0.15, -0.1) is 16.8 Å². The molecule has 0 aliphatic carbocycles. The van der Waals surface area contributed by atoms with Gasteiger partial charge < -0.3 is 5.73 Å². The van der Waals surface area contributed by atoms with Crippen molar-refractivity contribution < 1.29 is 0 Å². The molecule has 1 rings (SSSR count). The number of thioether (sulfide) groups is 1. The van der Waals surface area contributed by atoms with Crippen molar-refractivity contribution in [2.45, 2.75) is 38.4 Å². The van der Waals surface area contributed by atoms with Crippen LogP contribution in [-0.4, -0.2) is 20.5 Å². The minimum absolute atomic E-state index is 0.298. The zero-order valence-corrected chi connectivity index (χ0v) is 10.3. The molecule has 1 heterocycles. The van der Waals surface area contributed by atoms with Crippen LogP contribution >= 0.6 is 11.8 Å². The number of nitrogens with zero attached hydrogens (tertiary/aromatic N) is 3. The van der Waals surface area contributed by atoms with Crippen LogP contribution in [-0.2, 0) is 0 Å². The van der Waals surface area contributed by atoms with Crippen LogP contribution in [0.15, 0.2) is 17.3 Å². The van der Waals surface area contributed by atoms with E-state index in [9.17, 15) is 0 Å². The fraction of sp³-hybridized carbons (Fsp3) is 0.600. The van der Waals surface area contributed by atoms with E-state index < -0.39 is 0 Å². The van der Waals surface area contributed by atoms with Crippen LogP contribution in [0.4, 0.5) is 5.95 Å². The molecule has 0 atom stereocenters. The van der Waals surface area contributed by atoms with Gasteiger partial charge in [-0.3, -0.25) is 4.57 Å². The van der Waals surface area contributed by atoms with Gasteiger partial charge >= 0.3 is 0 Å². The fourth-order valence-electron chi connectivity index (χ4n) is 1.19. The first-order valence-electron chi connectivity index (χ1n) is 5.00. The van der Waals surface area contributed by atoms with Gasteiger partial charge in [-0.05, 0) is 27.2 Å². The Balaban J connectivity index is 2.64. The number of allylic oxidation sites excluding steroid dienone is 1. The number of aromatic nitrogens is 3. The summed E-state index contributed by atoms with van der Waals surface area (Å²) in [6.45, 7) is 10.0. The summed E-state index contributed by atoms with van der Waals surface area (Å²) in [4.78, 5) is 0. The van der Waals surface area contributed by atoms with E-state index in [4.69, 9.17) is 5.73 Å². The minimum atomic E-state index is 0.298. The van der Waals surface area contributed by atoms with Gasteiger partial charge in [-0.1, -0.05) is 17.3 Å². The van der Waals surface area contributed by atoms with Crippen LogP contribution in [0.5, 0.6) is 0 Å². The van der Waals surface area contributed by atoms with Crippen LogP contribution in [0.3, 0.4) is 0 Å². The van der Waals surface area contributed by atoms with Crippen molar-refractivity contribution in [1.82, 2.24) is 14.8 Å². The Morgan fingerprint density at radius 2 is 2.20 bits per heavy atom. The summed E-state index contributed by atoms with van der Waals surface area (Å²) in [6, 6.07) is 0.298. The number of hydrogen-bond acceptors (Lipinski definition) is 4. The zero-order valence-electron chi connectivity index (χ0n) is 9.53. The lowest BCUT2D eigenvalue weighted by Crippen LogP contribution is -2.07. The van der Waals surface area contributed by atoms with Crippen LogP contribution in [0.1, 0.15) is 33.2 Å². The third-order valence-corrected chi connectivity index (χ3v) is 2.91. The van der Waals surface area contributed by atoms with Gasteiger partial charge in [0.05, 0.1) is 0 Å². The molecule has 0 saturated carbocycles. The van der Waals surface area contributed by atoms with Gasteiger partial charge in [-0.25, -0.2) is 0 Å². The molecule has 0 fully saturated rings. The predicted octanol–water partition coefficient (Wildman–Crippen LogP) is 2.50. The van der Waals surface area contributed by atoms with Crippen molar-refractivity contribution in [3.63, 3.8) is 0 Å². The third-order valence-electron chi connectivity index (χ3n) is 1.97. The van der Waals surface area contributed by atoms with Gasteiger partial charge in [0, 0.05) is 11.8 Å². The maximum atomic E-state index is 5.73. The summed E-state index contributed by atoms with van der Waals surface area (Å²) in [5, 5.41) is 8.83. The summed E-state index contributed by atoms with van der Waals surface area (Å²) in [5.74, 6) is 1.46. The molecule has 0 unspecified atom stereocenters. The molecule has 2 N–H and O–H groups in total. The highest BCUT2D eigenvalue weighted by Crippen LogP contribution is 2.23. The Hall–Kier alpha value is -0.970. The second-order valence-corrected chi connectivity index (χ2v) is 4.92. The Labute approximate surface area is 95.0 Å². The van der Waals surface area contributed by atoms with Crippen LogP contribution in [0, 0.1) is 0 Å². The maximum Gasteiger partial charge on any atom is 0.222 e. The number of nitrogen functional groups attached to an aromatic ring is 1. The number of anilines is 1. The van der Waals surface area contributed by atoms with E-state index in [0.29, 0.717) is 12.0 Å². The molecule has 1 aromatic heterocycles. The van der Waals surface area contributed by atoms with E-state index in [-0.39, 0.29) is 0 Å². The Morgan fingerprint density at radius 1 is 1.53 bits per heavy atom. The molecule has 0 amide bonds. The van der Waals surface area contributed by atoms with E-state index in [0.717, 1.165) is 17.3 Å². The van der Waals surface area contributed by atoms with Gasteiger partial charge in [0.25, 0.3) is 0 Å². The second-order valence-electron chi connectivity index (χ2n) is 3.86. The summed E-state index contributed by atoms with van der Waals surface area (Å²) >= 11 is 1.67. The summed E-state index contributed by atoms with van der Waals surface area (Å²) in [6.07, 6.45) is 0.996. The SMILES string of the molecule is C=C(C)CCSc1nnc(N)n1C(C)C. The molecule has 0 radical (unpaired) electrons. The van der Waals surface area contributed by atoms with Crippen molar-refractivity contribution in [2.75, 3.05) is 11.5 Å². The number of hydrogen-bond donors (Lipinski definition) is 1. The second kappa shape index (κ2) is 5.21. The molecule has 15 heavy (non-hydrogen) atoms. The monoisotopic (exact) mass is 226 g/mol. The molecule has 0 aliphatic rings. The average molecular weight is 226 g/mol. The molecule has 0 bridgehead atoms. The fourth-order valence-corrected chi connectivity index (χ4v) is 2.36. The van der Waals surface area contributed by atoms with E-state index >= 15 is 0 Å². The first-order valence-corrected chi connectivity index (χ1v) is 5.98. The summed E-state index contributed by atoms with van der Waals surface area (Å²) in [7, 11) is 0. The first kappa shape index (κ1) is 12.1. The van der Waals surface area contributed by atoms with Gasteiger partial charge in [0.1, 0.15) is 0 Å². The molecule has 0 spiro atoms. The molecule has 5 heteroatoms. The first-order chi connectivity index (χ1) is 7.02. The zero-order chi connectivity index (χ0) is 11.4. The van der Waals surface area contributed by atoms with Crippen LogP contribution in [0.2, 0.25) is 0 Å². The number of rotatable bonds is 5. The largest absolute Gasteiger partial charge is 0.368 e. The van der Waals surface area contributed by atoms with Crippen molar-refractivity contribution in [3.8, 4) is 0 Å². The molecular formula is C10H18N4S. The highest BCUT2D eigenvalue weighted by molar-refractivity contribution is 7.99. The molecule has 0 aromatic carbocycles. The predicted molar refractivity (Wildman–Crippen MR) is 65.0 cm³/mol. The normalized spacial score (nSPS) is 10.9. The molecule has 0 aliphatic heterocycles. The third kappa shape index (κ3) is 3.27. The molecule has 4 nitrogen and oxygen atoms in total. The molecule has 0 saturated heterocycles. The van der Waals surface area contributed by atoms with E-state index in [2.05, 4.69) is 30.6 Å². The molecular weight excluding hydrogens is 208 g/mol. The van der Waals surface area contributed by atoms with E-state index in [1.54, 1.807) is 11.8 Å². The Kier molecular flexibility index (Phi) is 4.20. The lowest BCUT2D eigenvalue weighted by molar-refractivity contribution is 0.557. The average Bonchev–Trinajstić information content (AvgIpc) is 2.46. The van der Waals surface area contributed by atoms with Gasteiger partial charge in [0.2, 0.25) is 5.95 Å². The van der Waals surface area contributed by atoms with E-state index in [1.807, 2.05) is 11.5 Å². The van der Waals surface area contributed by atoms with Crippen molar-refractivity contribution in [2.24, 2.45) is 0 Å². The van der Waals surface area contributed by atoms with Crippen LogP contribution < -0.4 is 5.73 Å². The smallest absolute Gasteiger partial charge is 0.222 e. The standard InChI is InChI=1S/C10H18N4S/c1-7(2)5-6-15-10-13-12-9(11)14(10)8(3)4/h8H,1,5-6H2,2-4H3,(H2,11,12). The topological polar surface area (TPSA) is 56.7 Å². The van der Waals surface area contributed by atoms with Gasteiger partial charge in [0.15, 0.2) is 5.16 Å². The number of nitrogens with two attached hydrogens (primary N) is 1. The van der Waals surface area contributed by atoms with Gasteiger partial charge in [-0.2, -0.15) is 0 Å². The maximum absolute atomic E-state index is 5.73. The Bertz CT molecular complexity index is 343. The van der Waals surface area contributed by atoms with Crippen molar-refractivity contribution in [1.29, 1.82) is 0 Å². The summed E-state index contributed by atoms with van der Waals surface area (Å²) < 4.78 is 1.95. The van der Waals surface area contributed by atoms with Crippen molar-refractivity contribution >= 4 is 17.7 Å². The quantitative estimate of drug-likeness (QED) is 0.619. The van der Waals surface area contributed by atoms with Crippen LogP contribution in [0.25, 0.3) is 0 Å². The summed E-state index contributed by atoms with van der Waals surface area (Å²) in [5.41, 5.74) is 6.92. The lowest BCUT2D eigenvalue weighted by atomic mass is 10.3. The molecule has 1 aromatic rings.